The van der Waals surface area contributed by atoms with Crippen LogP contribution in [0.3, 0.4) is 0 Å². The molecular weight excluding hydrogens is 256 g/mol. The lowest BCUT2D eigenvalue weighted by Gasteiger charge is -2.05. The van der Waals surface area contributed by atoms with E-state index in [-0.39, 0.29) is 24.1 Å². The largest absolute Gasteiger partial charge is 0.380 e. The first kappa shape index (κ1) is 14.1. The molecule has 7 heteroatoms. The number of hydrogen-bond donors (Lipinski definition) is 2. The number of halogens is 1. The second-order valence-corrected chi connectivity index (χ2v) is 3.42. The smallest absolute Gasteiger partial charge is 0.292 e. The summed E-state index contributed by atoms with van der Waals surface area (Å²) in [5.74, 6) is -0.140. The van der Waals surface area contributed by atoms with Gasteiger partial charge in [-0.05, 0) is 17.7 Å². The Balaban J connectivity index is 0.00000162. The minimum Gasteiger partial charge on any atom is -0.380 e. The number of nitrogens with zero attached hydrogens (tertiary/aromatic N) is 2. The summed E-state index contributed by atoms with van der Waals surface area (Å²) in [6.07, 6.45) is 1.29. The second-order valence-electron chi connectivity index (χ2n) is 3.42. The molecule has 0 aliphatic carbocycles. The average molecular weight is 269 g/mol. The molecule has 2 N–H and O–H groups in total. The monoisotopic (exact) mass is 268 g/mol. The second kappa shape index (κ2) is 6.73. The quantitative estimate of drug-likeness (QED) is 0.883. The Morgan fingerprint density at radius 2 is 2.33 bits per heavy atom. The van der Waals surface area contributed by atoms with Crippen molar-refractivity contribution in [2.75, 3.05) is 12.4 Å². The summed E-state index contributed by atoms with van der Waals surface area (Å²) < 4.78 is 5.02. The average Bonchev–Trinajstić information content (AvgIpc) is 2.83. The SMILES string of the molecule is COCc1cccc(NC(=O)c2ncn[nH]2)c1.Cl. The molecule has 0 aliphatic heterocycles. The highest BCUT2D eigenvalue weighted by molar-refractivity contribution is 6.01. The molecule has 1 amide bonds. The maximum atomic E-state index is 11.7. The first-order valence-corrected chi connectivity index (χ1v) is 5.04. The zero-order chi connectivity index (χ0) is 12.1. The molecule has 1 aromatic carbocycles. The third-order valence-electron chi connectivity index (χ3n) is 2.13. The first-order valence-electron chi connectivity index (χ1n) is 5.04. The molecule has 0 saturated heterocycles. The Kier molecular flexibility index (Phi) is 5.29. The fraction of sp³-hybridized carbons (Fsp3) is 0.182. The van der Waals surface area contributed by atoms with Gasteiger partial charge in [0.25, 0.3) is 5.91 Å². The molecule has 0 spiro atoms. The number of carbonyl (C=O) groups is 1. The molecular formula is C11H13ClN4O2. The number of amides is 1. The van der Waals surface area contributed by atoms with Gasteiger partial charge >= 0.3 is 0 Å². The molecule has 0 atom stereocenters. The summed E-state index contributed by atoms with van der Waals surface area (Å²) in [5, 5.41) is 8.83. The van der Waals surface area contributed by atoms with Gasteiger partial charge in [-0.1, -0.05) is 12.1 Å². The van der Waals surface area contributed by atoms with Crippen LogP contribution < -0.4 is 5.32 Å². The molecule has 0 unspecified atom stereocenters. The predicted molar refractivity (Wildman–Crippen MR) is 68.7 cm³/mol. The first-order chi connectivity index (χ1) is 8.29. The number of nitrogens with one attached hydrogen (secondary N) is 2. The standard InChI is InChI=1S/C11H12N4O2.ClH/c1-17-6-8-3-2-4-9(5-8)14-11(16)10-12-7-13-15-10;/h2-5,7H,6H2,1H3,(H,14,16)(H,12,13,15);1H. The van der Waals surface area contributed by atoms with Gasteiger partial charge in [0.05, 0.1) is 6.61 Å². The van der Waals surface area contributed by atoms with Gasteiger partial charge in [-0.2, -0.15) is 5.10 Å². The molecule has 0 fully saturated rings. The van der Waals surface area contributed by atoms with Crippen molar-refractivity contribution in [1.29, 1.82) is 0 Å². The molecule has 2 aromatic rings. The summed E-state index contributed by atoms with van der Waals surface area (Å²) in [6.45, 7) is 0.506. The third-order valence-corrected chi connectivity index (χ3v) is 2.13. The molecule has 6 nitrogen and oxygen atoms in total. The number of rotatable bonds is 4. The number of methoxy groups -OCH3 is 1. The van der Waals surface area contributed by atoms with Crippen molar-refractivity contribution in [3.8, 4) is 0 Å². The van der Waals surface area contributed by atoms with Crippen LogP contribution in [0.4, 0.5) is 5.69 Å². The van der Waals surface area contributed by atoms with Gasteiger partial charge in [-0.15, -0.1) is 12.4 Å². The van der Waals surface area contributed by atoms with Crippen LogP contribution in [-0.4, -0.2) is 28.2 Å². The molecule has 18 heavy (non-hydrogen) atoms. The Hall–Kier alpha value is -1.92. The number of benzene rings is 1. The van der Waals surface area contributed by atoms with Crippen LogP contribution in [0.25, 0.3) is 0 Å². The van der Waals surface area contributed by atoms with Gasteiger partial charge in [0.2, 0.25) is 5.82 Å². The van der Waals surface area contributed by atoms with Gasteiger partial charge < -0.3 is 10.1 Å². The van der Waals surface area contributed by atoms with Crippen molar-refractivity contribution in [2.45, 2.75) is 6.61 Å². The summed E-state index contributed by atoms with van der Waals surface area (Å²) in [4.78, 5) is 15.4. The van der Waals surface area contributed by atoms with E-state index < -0.39 is 0 Å². The van der Waals surface area contributed by atoms with E-state index in [4.69, 9.17) is 4.74 Å². The van der Waals surface area contributed by atoms with Gasteiger partial charge in [-0.3, -0.25) is 9.89 Å². The van der Waals surface area contributed by atoms with E-state index in [1.165, 1.54) is 6.33 Å². The third kappa shape index (κ3) is 3.54. The topological polar surface area (TPSA) is 79.9 Å². The zero-order valence-corrected chi connectivity index (χ0v) is 10.5. The van der Waals surface area contributed by atoms with Crippen LogP contribution in [0.1, 0.15) is 16.2 Å². The minimum atomic E-state index is -0.322. The summed E-state index contributed by atoms with van der Waals surface area (Å²) >= 11 is 0. The molecule has 0 bridgehead atoms. The molecule has 0 aliphatic rings. The van der Waals surface area contributed by atoms with Crippen molar-refractivity contribution >= 4 is 24.0 Å². The van der Waals surface area contributed by atoms with Crippen molar-refractivity contribution in [3.63, 3.8) is 0 Å². The maximum Gasteiger partial charge on any atom is 0.292 e. The molecule has 2 rings (SSSR count). The lowest BCUT2D eigenvalue weighted by Crippen LogP contribution is -2.13. The summed E-state index contributed by atoms with van der Waals surface area (Å²) in [5.41, 5.74) is 1.68. The van der Waals surface area contributed by atoms with Crippen LogP contribution >= 0.6 is 12.4 Å². The number of hydrogen-bond acceptors (Lipinski definition) is 4. The Morgan fingerprint density at radius 3 is 3.00 bits per heavy atom. The van der Waals surface area contributed by atoms with E-state index in [0.717, 1.165) is 5.56 Å². The number of aromatic amines is 1. The normalized spacial score (nSPS) is 9.61. The van der Waals surface area contributed by atoms with Crippen molar-refractivity contribution in [3.05, 3.63) is 42.0 Å². The minimum absolute atomic E-state index is 0. The summed E-state index contributed by atoms with van der Waals surface area (Å²) in [6, 6.07) is 7.42. The zero-order valence-electron chi connectivity index (χ0n) is 9.71. The molecule has 1 heterocycles. The molecule has 1 aromatic heterocycles. The molecule has 0 radical (unpaired) electrons. The van der Waals surface area contributed by atoms with Crippen molar-refractivity contribution in [2.24, 2.45) is 0 Å². The van der Waals surface area contributed by atoms with E-state index in [2.05, 4.69) is 20.5 Å². The van der Waals surface area contributed by atoms with Crippen molar-refractivity contribution in [1.82, 2.24) is 15.2 Å². The fourth-order valence-corrected chi connectivity index (χ4v) is 1.41. The van der Waals surface area contributed by atoms with E-state index in [1.54, 1.807) is 13.2 Å². The van der Waals surface area contributed by atoms with Crippen LogP contribution in [0, 0.1) is 0 Å². The summed E-state index contributed by atoms with van der Waals surface area (Å²) in [7, 11) is 1.62. The van der Waals surface area contributed by atoms with Gasteiger partial charge in [0.15, 0.2) is 0 Å². The lowest BCUT2D eigenvalue weighted by atomic mass is 10.2. The molecule has 96 valence electrons. The van der Waals surface area contributed by atoms with Crippen LogP contribution in [0.5, 0.6) is 0 Å². The maximum absolute atomic E-state index is 11.7. The van der Waals surface area contributed by atoms with Gasteiger partial charge in [-0.25, -0.2) is 4.98 Å². The Labute approximate surface area is 110 Å². The Morgan fingerprint density at radius 1 is 1.50 bits per heavy atom. The number of H-pyrrole nitrogens is 1. The highest BCUT2D eigenvalue weighted by atomic mass is 35.5. The van der Waals surface area contributed by atoms with Crippen molar-refractivity contribution < 1.29 is 9.53 Å². The number of ether oxygens (including phenoxy) is 1. The fourth-order valence-electron chi connectivity index (χ4n) is 1.41. The number of carbonyl (C=O) groups excluding carboxylic acids is 1. The van der Waals surface area contributed by atoms with Crippen LogP contribution in [0.15, 0.2) is 30.6 Å². The van der Waals surface area contributed by atoms with E-state index in [9.17, 15) is 4.79 Å². The highest BCUT2D eigenvalue weighted by Crippen LogP contribution is 2.11. The van der Waals surface area contributed by atoms with E-state index in [1.807, 2.05) is 18.2 Å². The number of anilines is 1. The Bertz CT molecular complexity index is 502. The van der Waals surface area contributed by atoms with Crippen LogP contribution in [-0.2, 0) is 11.3 Å². The number of aromatic nitrogens is 3. The van der Waals surface area contributed by atoms with E-state index in [0.29, 0.717) is 12.3 Å². The predicted octanol–water partition coefficient (Wildman–Crippen LogP) is 1.63. The molecule has 0 saturated carbocycles. The van der Waals surface area contributed by atoms with Gasteiger partial charge in [0, 0.05) is 12.8 Å². The van der Waals surface area contributed by atoms with Crippen LogP contribution in [0.2, 0.25) is 0 Å². The van der Waals surface area contributed by atoms with Gasteiger partial charge in [0.1, 0.15) is 6.33 Å². The highest BCUT2D eigenvalue weighted by Gasteiger charge is 2.08. The lowest BCUT2D eigenvalue weighted by molar-refractivity contribution is 0.101. The van der Waals surface area contributed by atoms with E-state index >= 15 is 0 Å².